The van der Waals surface area contributed by atoms with Gasteiger partial charge in [-0.05, 0) is 29.5 Å². The topological polar surface area (TPSA) is 69.6 Å². The summed E-state index contributed by atoms with van der Waals surface area (Å²) < 4.78 is 0. The molecule has 0 aliphatic heterocycles. The number of hydrogen-bond acceptors (Lipinski definition) is 2. The molecule has 1 aromatic carbocycles. The molecule has 5 nitrogen and oxygen atoms in total. The van der Waals surface area contributed by atoms with Gasteiger partial charge >= 0.3 is 12.0 Å². The minimum absolute atomic E-state index is 0.0790. The van der Waals surface area contributed by atoms with Crippen LogP contribution in [0.1, 0.15) is 43.6 Å². The van der Waals surface area contributed by atoms with E-state index in [1.54, 1.807) is 24.3 Å². The predicted octanol–water partition coefficient (Wildman–Crippen LogP) is 3.21. The molecule has 1 rings (SSSR count). The molecule has 0 bridgehead atoms. The number of carbonyl (C=O) groups excluding carboxylic acids is 1. The Morgan fingerprint density at radius 2 is 1.55 bits per heavy atom. The number of rotatable bonds is 7. The number of carbonyl (C=O) groups is 2. The van der Waals surface area contributed by atoms with Crippen molar-refractivity contribution < 1.29 is 14.7 Å². The molecule has 2 amide bonds. The summed E-state index contributed by atoms with van der Waals surface area (Å²) in [4.78, 5) is 24.9. The average molecular weight is 306 g/mol. The summed E-state index contributed by atoms with van der Waals surface area (Å²) in [6.07, 6.45) is 0. The summed E-state index contributed by atoms with van der Waals surface area (Å²) in [5.41, 5.74) is 1.13. The van der Waals surface area contributed by atoms with E-state index in [4.69, 9.17) is 5.11 Å². The zero-order valence-corrected chi connectivity index (χ0v) is 13.8. The van der Waals surface area contributed by atoms with Gasteiger partial charge in [0, 0.05) is 19.6 Å². The molecule has 0 unspecified atom stereocenters. The molecule has 0 aliphatic carbocycles. The molecule has 0 atom stereocenters. The number of benzene rings is 1. The smallest absolute Gasteiger partial charge is 0.335 e. The van der Waals surface area contributed by atoms with Crippen LogP contribution < -0.4 is 5.32 Å². The first kappa shape index (κ1) is 18.0. The van der Waals surface area contributed by atoms with E-state index >= 15 is 0 Å². The molecule has 0 aliphatic rings. The van der Waals surface area contributed by atoms with Crippen LogP contribution in [0.15, 0.2) is 24.3 Å². The van der Waals surface area contributed by atoms with Gasteiger partial charge in [0.25, 0.3) is 0 Å². The minimum atomic E-state index is -0.948. The molecule has 2 N–H and O–H groups in total. The molecule has 122 valence electrons. The molecule has 0 saturated heterocycles. The van der Waals surface area contributed by atoms with Crippen LogP contribution in [0.5, 0.6) is 0 Å². The standard InChI is InChI=1S/C17H26N2O3/c1-12(2)10-19(11-13(3)4)17(22)18-9-14-5-7-15(8-6-14)16(20)21/h5-8,12-13H,9-11H2,1-4H3,(H,18,22)(H,20,21). The van der Waals surface area contributed by atoms with E-state index < -0.39 is 5.97 Å². The molecule has 0 fully saturated rings. The Hall–Kier alpha value is -2.04. The van der Waals surface area contributed by atoms with Crippen molar-refractivity contribution in [3.63, 3.8) is 0 Å². The fourth-order valence-corrected chi connectivity index (χ4v) is 2.18. The number of hydrogen-bond donors (Lipinski definition) is 2. The van der Waals surface area contributed by atoms with Crippen LogP contribution in [-0.4, -0.2) is 35.1 Å². The van der Waals surface area contributed by atoms with Crippen LogP contribution >= 0.6 is 0 Å². The van der Waals surface area contributed by atoms with Gasteiger partial charge in [0.2, 0.25) is 0 Å². The monoisotopic (exact) mass is 306 g/mol. The van der Waals surface area contributed by atoms with Crippen LogP contribution in [0.4, 0.5) is 4.79 Å². The Balaban J connectivity index is 2.59. The fourth-order valence-electron chi connectivity index (χ4n) is 2.18. The first-order valence-corrected chi connectivity index (χ1v) is 7.64. The van der Waals surface area contributed by atoms with Crippen LogP contribution in [0, 0.1) is 11.8 Å². The summed E-state index contributed by atoms with van der Waals surface area (Å²) in [5, 5.41) is 11.8. The lowest BCUT2D eigenvalue weighted by Gasteiger charge is -2.26. The van der Waals surface area contributed by atoms with Crippen LogP contribution in [0.3, 0.4) is 0 Å². The van der Waals surface area contributed by atoms with Gasteiger partial charge in [-0.15, -0.1) is 0 Å². The third kappa shape index (κ3) is 6.16. The second-order valence-electron chi connectivity index (χ2n) is 6.35. The van der Waals surface area contributed by atoms with Crippen molar-refractivity contribution >= 4 is 12.0 Å². The lowest BCUT2D eigenvalue weighted by atomic mass is 10.1. The van der Waals surface area contributed by atoms with Crippen molar-refractivity contribution in [2.75, 3.05) is 13.1 Å². The zero-order chi connectivity index (χ0) is 16.7. The molecule has 0 aromatic heterocycles. The third-order valence-corrected chi connectivity index (χ3v) is 3.10. The van der Waals surface area contributed by atoms with E-state index in [1.807, 2.05) is 4.90 Å². The van der Waals surface area contributed by atoms with Crippen molar-refractivity contribution in [1.29, 1.82) is 0 Å². The van der Waals surface area contributed by atoms with Crippen molar-refractivity contribution in [3.05, 3.63) is 35.4 Å². The quantitative estimate of drug-likeness (QED) is 0.812. The molecular weight excluding hydrogens is 280 g/mol. The van der Waals surface area contributed by atoms with Crippen molar-refractivity contribution in [2.45, 2.75) is 34.2 Å². The Morgan fingerprint density at radius 1 is 1.05 bits per heavy atom. The molecular formula is C17H26N2O3. The SMILES string of the molecule is CC(C)CN(CC(C)C)C(=O)NCc1ccc(C(=O)O)cc1. The van der Waals surface area contributed by atoms with Crippen LogP contribution in [0.2, 0.25) is 0 Å². The number of urea groups is 1. The second-order valence-corrected chi connectivity index (χ2v) is 6.35. The van der Waals surface area contributed by atoms with Gasteiger partial charge in [-0.25, -0.2) is 9.59 Å². The number of nitrogens with zero attached hydrogens (tertiary/aromatic N) is 1. The second kappa shape index (κ2) is 8.41. The van der Waals surface area contributed by atoms with E-state index in [-0.39, 0.29) is 11.6 Å². The molecule has 0 heterocycles. The fraction of sp³-hybridized carbons (Fsp3) is 0.529. The van der Waals surface area contributed by atoms with E-state index in [0.29, 0.717) is 18.4 Å². The van der Waals surface area contributed by atoms with Gasteiger partial charge in [-0.3, -0.25) is 0 Å². The maximum atomic E-state index is 12.3. The van der Waals surface area contributed by atoms with Crippen molar-refractivity contribution in [3.8, 4) is 0 Å². The first-order chi connectivity index (χ1) is 10.3. The summed E-state index contributed by atoms with van der Waals surface area (Å²) in [7, 11) is 0. The highest BCUT2D eigenvalue weighted by molar-refractivity contribution is 5.87. The minimum Gasteiger partial charge on any atom is -0.478 e. The largest absolute Gasteiger partial charge is 0.478 e. The van der Waals surface area contributed by atoms with Crippen LogP contribution in [-0.2, 0) is 6.54 Å². The maximum Gasteiger partial charge on any atom is 0.335 e. The van der Waals surface area contributed by atoms with Gasteiger partial charge in [-0.1, -0.05) is 39.8 Å². The van der Waals surface area contributed by atoms with Gasteiger partial charge in [0.05, 0.1) is 5.56 Å². The maximum absolute atomic E-state index is 12.3. The molecule has 5 heteroatoms. The van der Waals surface area contributed by atoms with Crippen LogP contribution in [0.25, 0.3) is 0 Å². The Morgan fingerprint density at radius 3 is 1.95 bits per heavy atom. The predicted molar refractivity (Wildman–Crippen MR) is 86.9 cm³/mol. The molecule has 0 saturated carbocycles. The highest BCUT2D eigenvalue weighted by Gasteiger charge is 2.15. The summed E-state index contributed by atoms with van der Waals surface area (Å²) in [5.74, 6) is -0.116. The Bertz CT molecular complexity index is 485. The van der Waals surface area contributed by atoms with Gasteiger partial charge in [0.1, 0.15) is 0 Å². The Kier molecular flexibility index (Phi) is 6.89. The number of carboxylic acid groups (broad SMARTS) is 1. The number of amides is 2. The average Bonchev–Trinajstić information content (AvgIpc) is 2.43. The molecule has 0 spiro atoms. The van der Waals surface area contributed by atoms with E-state index in [0.717, 1.165) is 18.7 Å². The van der Waals surface area contributed by atoms with Crippen molar-refractivity contribution in [1.82, 2.24) is 10.2 Å². The van der Waals surface area contributed by atoms with Gasteiger partial charge in [0.15, 0.2) is 0 Å². The van der Waals surface area contributed by atoms with E-state index in [9.17, 15) is 9.59 Å². The number of aromatic carboxylic acids is 1. The number of carboxylic acids is 1. The molecule has 1 aromatic rings. The Labute approximate surface area is 132 Å². The normalized spacial score (nSPS) is 10.8. The molecule has 22 heavy (non-hydrogen) atoms. The molecule has 0 radical (unpaired) electrons. The lowest BCUT2D eigenvalue weighted by Crippen LogP contribution is -2.43. The number of nitrogens with one attached hydrogen (secondary N) is 1. The van der Waals surface area contributed by atoms with E-state index in [1.165, 1.54) is 0 Å². The third-order valence-electron chi connectivity index (χ3n) is 3.10. The van der Waals surface area contributed by atoms with Crippen molar-refractivity contribution in [2.24, 2.45) is 11.8 Å². The summed E-state index contributed by atoms with van der Waals surface area (Å²) in [6, 6.07) is 6.45. The highest BCUT2D eigenvalue weighted by atomic mass is 16.4. The first-order valence-electron chi connectivity index (χ1n) is 7.64. The van der Waals surface area contributed by atoms with Gasteiger partial charge < -0.3 is 15.3 Å². The lowest BCUT2D eigenvalue weighted by molar-refractivity contribution is 0.0697. The summed E-state index contributed by atoms with van der Waals surface area (Å²) in [6.45, 7) is 10.2. The summed E-state index contributed by atoms with van der Waals surface area (Å²) >= 11 is 0. The van der Waals surface area contributed by atoms with Gasteiger partial charge in [-0.2, -0.15) is 0 Å². The zero-order valence-electron chi connectivity index (χ0n) is 13.8. The highest BCUT2D eigenvalue weighted by Crippen LogP contribution is 2.07. The van der Waals surface area contributed by atoms with E-state index in [2.05, 4.69) is 33.0 Å².